The molecule has 1 N–H and O–H groups in total. The second kappa shape index (κ2) is 9.93. The van der Waals surface area contributed by atoms with Crippen molar-refractivity contribution in [3.05, 3.63) is 52.8 Å². The van der Waals surface area contributed by atoms with Crippen molar-refractivity contribution < 1.29 is 13.2 Å². The van der Waals surface area contributed by atoms with Gasteiger partial charge in [0.25, 0.3) is 5.56 Å². The number of hydrogen-bond donors (Lipinski definition) is 1. The predicted octanol–water partition coefficient (Wildman–Crippen LogP) is 3.23. The fourth-order valence-electron chi connectivity index (χ4n) is 4.19. The van der Waals surface area contributed by atoms with E-state index in [-0.39, 0.29) is 5.56 Å². The number of benzene rings is 2. The third-order valence-electron chi connectivity index (χ3n) is 5.81. The Labute approximate surface area is 194 Å². The van der Waals surface area contributed by atoms with Crippen molar-refractivity contribution in [3.63, 3.8) is 0 Å². The van der Waals surface area contributed by atoms with Crippen LogP contribution in [-0.4, -0.2) is 55.4 Å². The standard InChI is InChI=1S/C24H30N4O4S/c1-27-23(25-22-17-19(26-33(2,30)31)10-11-21(22)24(27)29)18-8-6-9-20(16-18)32-15-7-14-28-12-4-3-5-13-28/h6,8-11,16-17,26H,3-5,7,12-15H2,1-2H3. The fraction of sp³-hybridized carbons (Fsp3) is 0.417. The molecule has 176 valence electrons. The first-order chi connectivity index (χ1) is 15.8. The van der Waals surface area contributed by atoms with Crippen LogP contribution in [-0.2, 0) is 17.1 Å². The lowest BCUT2D eigenvalue weighted by Gasteiger charge is -2.26. The minimum Gasteiger partial charge on any atom is -0.494 e. The molecule has 0 saturated carbocycles. The van der Waals surface area contributed by atoms with Crippen molar-refractivity contribution in [2.24, 2.45) is 7.05 Å². The summed E-state index contributed by atoms with van der Waals surface area (Å²) in [5, 5.41) is 0.422. The van der Waals surface area contributed by atoms with Crippen LogP contribution >= 0.6 is 0 Å². The second-order valence-electron chi connectivity index (χ2n) is 8.54. The number of anilines is 1. The molecule has 0 unspecified atom stereocenters. The zero-order chi connectivity index (χ0) is 23.4. The summed E-state index contributed by atoms with van der Waals surface area (Å²) in [5.41, 5.74) is 1.34. The van der Waals surface area contributed by atoms with Gasteiger partial charge in [-0.15, -0.1) is 0 Å². The fourth-order valence-corrected chi connectivity index (χ4v) is 4.75. The number of aromatic nitrogens is 2. The number of ether oxygens (including phenoxy) is 1. The van der Waals surface area contributed by atoms with E-state index in [4.69, 9.17) is 4.74 Å². The largest absolute Gasteiger partial charge is 0.494 e. The zero-order valence-electron chi connectivity index (χ0n) is 19.1. The van der Waals surface area contributed by atoms with Gasteiger partial charge in [-0.2, -0.15) is 0 Å². The van der Waals surface area contributed by atoms with Gasteiger partial charge in [0.1, 0.15) is 11.6 Å². The lowest BCUT2D eigenvalue weighted by molar-refractivity contribution is 0.205. The maximum atomic E-state index is 12.9. The molecule has 0 amide bonds. The highest BCUT2D eigenvalue weighted by molar-refractivity contribution is 7.92. The Morgan fingerprint density at radius 2 is 1.88 bits per heavy atom. The summed E-state index contributed by atoms with van der Waals surface area (Å²) in [6.07, 6.45) is 5.95. The molecule has 2 heterocycles. The van der Waals surface area contributed by atoms with E-state index in [0.29, 0.717) is 29.0 Å². The molecule has 3 aromatic rings. The normalized spacial score (nSPS) is 15.0. The van der Waals surface area contributed by atoms with Crippen molar-refractivity contribution in [1.29, 1.82) is 0 Å². The van der Waals surface area contributed by atoms with Gasteiger partial charge in [-0.05, 0) is 62.7 Å². The van der Waals surface area contributed by atoms with Crippen LogP contribution in [0.3, 0.4) is 0 Å². The number of fused-ring (bicyclic) bond motifs is 1. The topological polar surface area (TPSA) is 93.5 Å². The minimum absolute atomic E-state index is 0.200. The lowest BCUT2D eigenvalue weighted by atomic mass is 10.1. The summed E-state index contributed by atoms with van der Waals surface area (Å²) in [4.78, 5) is 20.1. The Morgan fingerprint density at radius 1 is 1.09 bits per heavy atom. The molecule has 0 aliphatic carbocycles. The maximum absolute atomic E-state index is 12.9. The molecule has 8 nitrogen and oxygen atoms in total. The average Bonchev–Trinajstić information content (AvgIpc) is 2.79. The van der Waals surface area contributed by atoms with E-state index < -0.39 is 10.0 Å². The van der Waals surface area contributed by atoms with Gasteiger partial charge < -0.3 is 9.64 Å². The summed E-state index contributed by atoms with van der Waals surface area (Å²) >= 11 is 0. The number of sulfonamides is 1. The van der Waals surface area contributed by atoms with Gasteiger partial charge in [0.2, 0.25) is 10.0 Å². The maximum Gasteiger partial charge on any atom is 0.261 e. The first-order valence-electron chi connectivity index (χ1n) is 11.2. The third-order valence-corrected chi connectivity index (χ3v) is 6.41. The summed E-state index contributed by atoms with van der Waals surface area (Å²) in [7, 11) is -1.75. The van der Waals surface area contributed by atoms with Gasteiger partial charge >= 0.3 is 0 Å². The summed E-state index contributed by atoms with van der Waals surface area (Å²) in [6, 6.07) is 12.3. The van der Waals surface area contributed by atoms with E-state index in [1.807, 2.05) is 24.3 Å². The monoisotopic (exact) mass is 470 g/mol. The van der Waals surface area contributed by atoms with Gasteiger partial charge in [-0.25, -0.2) is 13.4 Å². The highest BCUT2D eigenvalue weighted by Gasteiger charge is 2.13. The Bertz CT molecular complexity index is 1300. The highest BCUT2D eigenvalue weighted by Crippen LogP contribution is 2.24. The van der Waals surface area contributed by atoms with Gasteiger partial charge in [-0.1, -0.05) is 18.6 Å². The Balaban J connectivity index is 1.53. The molecule has 4 rings (SSSR count). The van der Waals surface area contributed by atoms with Crippen LogP contribution in [0.2, 0.25) is 0 Å². The number of piperidine rings is 1. The van der Waals surface area contributed by atoms with Crippen LogP contribution < -0.4 is 15.0 Å². The van der Waals surface area contributed by atoms with E-state index in [1.165, 1.54) is 36.9 Å². The number of rotatable bonds is 8. The number of likely N-dealkylation sites (tertiary alicyclic amines) is 1. The molecule has 0 radical (unpaired) electrons. The van der Waals surface area contributed by atoms with Gasteiger partial charge in [0.15, 0.2) is 0 Å². The highest BCUT2D eigenvalue weighted by atomic mass is 32.2. The first kappa shape index (κ1) is 23.3. The Kier molecular flexibility index (Phi) is 6.99. The zero-order valence-corrected chi connectivity index (χ0v) is 19.9. The lowest BCUT2D eigenvalue weighted by Crippen LogP contribution is -2.31. The quantitative estimate of drug-likeness (QED) is 0.508. The van der Waals surface area contributed by atoms with Crippen LogP contribution in [0.25, 0.3) is 22.3 Å². The second-order valence-corrected chi connectivity index (χ2v) is 10.3. The summed E-state index contributed by atoms with van der Waals surface area (Å²) in [6.45, 7) is 4.03. The molecule has 9 heteroatoms. The number of nitrogens with zero attached hydrogens (tertiary/aromatic N) is 3. The summed E-state index contributed by atoms with van der Waals surface area (Å²) < 4.78 is 33.0. The molecule has 33 heavy (non-hydrogen) atoms. The molecule has 1 aliphatic heterocycles. The molecule has 1 aromatic heterocycles. The first-order valence-corrected chi connectivity index (χ1v) is 13.1. The smallest absolute Gasteiger partial charge is 0.261 e. The SMILES string of the molecule is Cn1c(-c2cccc(OCCCN3CCCCC3)c2)nc2cc(NS(C)(=O)=O)ccc2c1=O. The van der Waals surface area contributed by atoms with E-state index in [0.717, 1.165) is 30.5 Å². The minimum atomic E-state index is -3.43. The van der Waals surface area contributed by atoms with Crippen molar-refractivity contribution in [2.75, 3.05) is 37.2 Å². The van der Waals surface area contributed by atoms with Crippen molar-refractivity contribution in [3.8, 4) is 17.1 Å². The van der Waals surface area contributed by atoms with Crippen LogP contribution in [0.4, 0.5) is 5.69 Å². The van der Waals surface area contributed by atoms with E-state index in [1.54, 1.807) is 25.2 Å². The Hall–Kier alpha value is -2.91. The molecule has 0 atom stereocenters. The molecule has 1 saturated heterocycles. The van der Waals surface area contributed by atoms with Gasteiger partial charge in [0.05, 0.1) is 29.5 Å². The molecular formula is C24H30N4O4S. The van der Waals surface area contributed by atoms with E-state index >= 15 is 0 Å². The van der Waals surface area contributed by atoms with Gasteiger partial charge in [0, 0.05) is 19.2 Å². The van der Waals surface area contributed by atoms with Crippen molar-refractivity contribution >= 4 is 26.6 Å². The van der Waals surface area contributed by atoms with Crippen LogP contribution in [0.15, 0.2) is 47.3 Å². The van der Waals surface area contributed by atoms with E-state index in [9.17, 15) is 13.2 Å². The molecule has 0 spiro atoms. The number of hydrogen-bond acceptors (Lipinski definition) is 6. The molecule has 1 fully saturated rings. The third kappa shape index (κ3) is 5.91. The van der Waals surface area contributed by atoms with Gasteiger partial charge in [-0.3, -0.25) is 14.1 Å². The van der Waals surface area contributed by atoms with Crippen molar-refractivity contribution in [2.45, 2.75) is 25.7 Å². The van der Waals surface area contributed by atoms with E-state index in [2.05, 4.69) is 14.6 Å². The number of nitrogens with one attached hydrogen (secondary N) is 1. The summed E-state index contributed by atoms with van der Waals surface area (Å²) in [5.74, 6) is 1.22. The Morgan fingerprint density at radius 3 is 2.64 bits per heavy atom. The molecular weight excluding hydrogens is 440 g/mol. The van der Waals surface area contributed by atoms with Crippen LogP contribution in [0.5, 0.6) is 5.75 Å². The molecule has 2 aromatic carbocycles. The average molecular weight is 471 g/mol. The molecule has 1 aliphatic rings. The van der Waals surface area contributed by atoms with Crippen molar-refractivity contribution in [1.82, 2.24) is 14.5 Å². The predicted molar refractivity (Wildman–Crippen MR) is 131 cm³/mol. The molecule has 0 bridgehead atoms. The van der Waals surface area contributed by atoms with Crippen LogP contribution in [0.1, 0.15) is 25.7 Å². The van der Waals surface area contributed by atoms with Crippen LogP contribution in [0, 0.1) is 0 Å².